The van der Waals surface area contributed by atoms with Crippen molar-refractivity contribution in [2.75, 3.05) is 7.11 Å². The zero-order valence-corrected chi connectivity index (χ0v) is 13.5. The number of rotatable bonds is 13. The van der Waals surface area contributed by atoms with Crippen molar-refractivity contribution >= 4 is 11.9 Å². The lowest BCUT2D eigenvalue weighted by atomic mass is 9.97. The van der Waals surface area contributed by atoms with Gasteiger partial charge < -0.3 is 9.84 Å². The molecule has 0 aliphatic carbocycles. The summed E-state index contributed by atoms with van der Waals surface area (Å²) in [5.74, 6) is -1.85. The minimum Gasteiger partial charge on any atom is -0.481 e. The van der Waals surface area contributed by atoms with E-state index in [-0.39, 0.29) is 6.42 Å². The molecule has 122 valence electrons. The van der Waals surface area contributed by atoms with E-state index in [1.54, 1.807) is 0 Å². The molecule has 0 bridgehead atoms. The van der Waals surface area contributed by atoms with Gasteiger partial charge >= 0.3 is 11.9 Å². The van der Waals surface area contributed by atoms with E-state index in [1.807, 2.05) is 0 Å². The molecule has 0 saturated carbocycles. The first-order valence-electron chi connectivity index (χ1n) is 8.06. The van der Waals surface area contributed by atoms with Crippen LogP contribution in [0, 0.1) is 5.92 Å². The number of unbranched alkanes of at least 4 members (excludes halogenated alkanes) is 6. The molecule has 0 radical (unpaired) electrons. The number of carboxylic acids is 1. The van der Waals surface area contributed by atoms with Gasteiger partial charge in [0.15, 0.2) is 0 Å². The fourth-order valence-electron chi connectivity index (χ4n) is 2.24. The van der Waals surface area contributed by atoms with Gasteiger partial charge in [-0.05, 0) is 25.7 Å². The van der Waals surface area contributed by atoms with Crippen LogP contribution in [0.3, 0.4) is 0 Å². The highest BCUT2D eigenvalue weighted by molar-refractivity contribution is 5.78. The Kier molecular flexibility index (Phi) is 12.8. The van der Waals surface area contributed by atoms with Gasteiger partial charge in [-0.25, -0.2) is 0 Å². The first-order valence-corrected chi connectivity index (χ1v) is 8.06. The van der Waals surface area contributed by atoms with E-state index in [2.05, 4.69) is 23.8 Å². The Morgan fingerprint density at radius 1 is 1.05 bits per heavy atom. The Morgan fingerprint density at radius 3 is 2.24 bits per heavy atom. The molecule has 0 aromatic heterocycles. The highest BCUT2D eigenvalue weighted by atomic mass is 16.5. The highest BCUT2D eigenvalue weighted by Gasteiger charge is 2.21. The molecule has 0 rings (SSSR count). The average molecular weight is 298 g/mol. The molecular formula is C17H30O4. The van der Waals surface area contributed by atoms with Crippen LogP contribution in [0.15, 0.2) is 12.2 Å². The Labute approximate surface area is 128 Å². The second-order valence-corrected chi connectivity index (χ2v) is 5.42. The van der Waals surface area contributed by atoms with E-state index in [1.165, 1.54) is 26.4 Å². The summed E-state index contributed by atoms with van der Waals surface area (Å²) in [6.45, 7) is 2.19. The van der Waals surface area contributed by atoms with Crippen molar-refractivity contribution in [1.82, 2.24) is 0 Å². The van der Waals surface area contributed by atoms with Crippen molar-refractivity contribution in [2.45, 2.75) is 71.1 Å². The number of hydrogen-bond donors (Lipinski definition) is 1. The Hall–Kier alpha value is -1.32. The lowest BCUT2D eigenvalue weighted by Gasteiger charge is -2.11. The highest BCUT2D eigenvalue weighted by Crippen LogP contribution is 2.16. The van der Waals surface area contributed by atoms with E-state index in [9.17, 15) is 9.59 Å². The van der Waals surface area contributed by atoms with Gasteiger partial charge in [-0.3, -0.25) is 9.59 Å². The standard InChI is InChI=1S/C17H30O4/c1-3-4-5-6-7-8-9-10-11-12-13-15(14-16(18)19)17(20)21-2/h6-7,15H,3-5,8-14H2,1-2H3,(H,18,19)/b7-6+. The maximum atomic E-state index is 11.4. The number of hydrogen-bond acceptors (Lipinski definition) is 3. The number of carbonyl (C=O) groups is 2. The second kappa shape index (κ2) is 13.7. The summed E-state index contributed by atoms with van der Waals surface area (Å²) in [4.78, 5) is 22.1. The molecule has 0 aliphatic rings. The summed E-state index contributed by atoms with van der Waals surface area (Å²) in [5.41, 5.74) is 0. The Balaban J connectivity index is 3.64. The molecule has 0 aliphatic heterocycles. The van der Waals surface area contributed by atoms with Crippen LogP contribution in [0.25, 0.3) is 0 Å². The van der Waals surface area contributed by atoms with Gasteiger partial charge in [-0.15, -0.1) is 0 Å². The minimum absolute atomic E-state index is 0.132. The molecule has 0 aromatic carbocycles. The molecule has 21 heavy (non-hydrogen) atoms. The van der Waals surface area contributed by atoms with Crippen LogP contribution < -0.4 is 0 Å². The normalized spacial score (nSPS) is 12.5. The van der Waals surface area contributed by atoms with Crippen molar-refractivity contribution in [1.29, 1.82) is 0 Å². The molecule has 1 atom stereocenters. The van der Waals surface area contributed by atoms with Crippen LogP contribution >= 0.6 is 0 Å². The molecule has 0 fully saturated rings. The van der Waals surface area contributed by atoms with E-state index < -0.39 is 17.9 Å². The molecule has 0 spiro atoms. The summed E-state index contributed by atoms with van der Waals surface area (Å²) in [6.07, 6.45) is 14.0. The topological polar surface area (TPSA) is 63.6 Å². The molecule has 0 amide bonds. The average Bonchev–Trinajstić information content (AvgIpc) is 2.46. The smallest absolute Gasteiger partial charge is 0.309 e. The lowest BCUT2D eigenvalue weighted by Crippen LogP contribution is -2.19. The molecular weight excluding hydrogens is 268 g/mol. The number of carbonyl (C=O) groups excluding carboxylic acids is 1. The van der Waals surface area contributed by atoms with Crippen molar-refractivity contribution in [2.24, 2.45) is 5.92 Å². The number of esters is 1. The van der Waals surface area contributed by atoms with Crippen molar-refractivity contribution in [3.63, 3.8) is 0 Å². The zero-order chi connectivity index (χ0) is 15.9. The van der Waals surface area contributed by atoms with Crippen LogP contribution in [0.4, 0.5) is 0 Å². The predicted molar refractivity (Wildman–Crippen MR) is 84.1 cm³/mol. The van der Waals surface area contributed by atoms with Crippen LogP contribution in [0.1, 0.15) is 71.1 Å². The summed E-state index contributed by atoms with van der Waals surface area (Å²) in [5, 5.41) is 8.77. The molecule has 1 N–H and O–H groups in total. The number of carboxylic acid groups (broad SMARTS) is 1. The van der Waals surface area contributed by atoms with E-state index in [0.717, 1.165) is 32.1 Å². The molecule has 0 saturated heterocycles. The summed E-state index contributed by atoms with van der Waals surface area (Å²) in [6, 6.07) is 0. The van der Waals surface area contributed by atoms with Crippen LogP contribution in [0.2, 0.25) is 0 Å². The molecule has 4 heteroatoms. The maximum Gasteiger partial charge on any atom is 0.309 e. The van der Waals surface area contributed by atoms with Gasteiger partial charge in [0.25, 0.3) is 0 Å². The van der Waals surface area contributed by atoms with Crippen molar-refractivity contribution in [3.05, 3.63) is 12.2 Å². The van der Waals surface area contributed by atoms with Crippen LogP contribution in [0.5, 0.6) is 0 Å². The van der Waals surface area contributed by atoms with Gasteiger partial charge in [0, 0.05) is 0 Å². The molecule has 4 nitrogen and oxygen atoms in total. The van der Waals surface area contributed by atoms with Gasteiger partial charge in [0.05, 0.1) is 19.4 Å². The molecule has 0 heterocycles. The summed E-state index contributed by atoms with van der Waals surface area (Å²) < 4.78 is 4.64. The summed E-state index contributed by atoms with van der Waals surface area (Å²) >= 11 is 0. The Morgan fingerprint density at radius 2 is 1.67 bits per heavy atom. The predicted octanol–water partition coefficient (Wildman–Crippen LogP) is 4.34. The molecule has 0 aromatic rings. The van der Waals surface area contributed by atoms with E-state index in [0.29, 0.717) is 6.42 Å². The third kappa shape index (κ3) is 12.2. The fraction of sp³-hybridized carbons (Fsp3) is 0.765. The quantitative estimate of drug-likeness (QED) is 0.312. The van der Waals surface area contributed by atoms with Crippen molar-refractivity contribution < 1.29 is 19.4 Å². The maximum absolute atomic E-state index is 11.4. The van der Waals surface area contributed by atoms with Crippen molar-refractivity contribution in [3.8, 4) is 0 Å². The summed E-state index contributed by atoms with van der Waals surface area (Å²) in [7, 11) is 1.31. The van der Waals surface area contributed by atoms with Crippen LogP contribution in [-0.2, 0) is 14.3 Å². The van der Waals surface area contributed by atoms with Crippen LogP contribution in [-0.4, -0.2) is 24.2 Å². The minimum atomic E-state index is -0.942. The van der Waals surface area contributed by atoms with E-state index >= 15 is 0 Å². The Bertz CT molecular complexity index is 310. The third-order valence-corrected chi connectivity index (χ3v) is 3.52. The number of allylic oxidation sites excluding steroid dienone is 2. The van der Waals surface area contributed by atoms with Gasteiger partial charge in [-0.2, -0.15) is 0 Å². The zero-order valence-electron chi connectivity index (χ0n) is 13.5. The van der Waals surface area contributed by atoms with Gasteiger partial charge in [-0.1, -0.05) is 51.2 Å². The number of aliphatic carboxylic acids is 1. The second-order valence-electron chi connectivity index (χ2n) is 5.42. The SMILES string of the molecule is CCCC/C=C/CCCCCCC(CC(=O)O)C(=O)OC. The van der Waals surface area contributed by atoms with Gasteiger partial charge in [0.1, 0.15) is 0 Å². The largest absolute Gasteiger partial charge is 0.481 e. The number of ether oxygens (including phenoxy) is 1. The monoisotopic (exact) mass is 298 g/mol. The third-order valence-electron chi connectivity index (χ3n) is 3.52. The first-order chi connectivity index (χ1) is 10.1. The number of methoxy groups -OCH3 is 1. The first kappa shape index (κ1) is 19.7. The van der Waals surface area contributed by atoms with Gasteiger partial charge in [0.2, 0.25) is 0 Å². The van der Waals surface area contributed by atoms with E-state index in [4.69, 9.17) is 5.11 Å². The lowest BCUT2D eigenvalue weighted by molar-refractivity contribution is -0.151. The molecule has 1 unspecified atom stereocenters. The fourth-order valence-corrected chi connectivity index (χ4v) is 2.24.